The van der Waals surface area contributed by atoms with Gasteiger partial charge in [0.15, 0.2) is 0 Å². The third kappa shape index (κ3) is 5.62. The molecule has 0 aliphatic rings. The van der Waals surface area contributed by atoms with Crippen LogP contribution < -0.4 is 14.4 Å². The summed E-state index contributed by atoms with van der Waals surface area (Å²) in [5.74, 6) is 0.349. The first kappa shape index (κ1) is 22.0. The molecular weight excluding hydrogens is 400 g/mol. The fourth-order valence-corrected chi connectivity index (χ4v) is 4.08. The number of benzene rings is 2. The molecule has 6 nitrogen and oxygen atoms in total. The number of carbonyl (C=O) groups is 1. The van der Waals surface area contributed by atoms with E-state index in [0.717, 1.165) is 27.4 Å². The molecule has 0 radical (unpaired) electrons. The van der Waals surface area contributed by atoms with Crippen molar-refractivity contribution in [2.24, 2.45) is 0 Å². The Labute approximate surface area is 171 Å². The monoisotopic (exact) mass is 424 g/mol. The molecule has 1 amide bonds. The van der Waals surface area contributed by atoms with Crippen LogP contribution in [0.15, 0.2) is 42.5 Å². The van der Waals surface area contributed by atoms with Crippen LogP contribution >= 0.6 is 11.6 Å². The zero-order valence-electron chi connectivity index (χ0n) is 16.4. The third-order valence-corrected chi connectivity index (χ3v) is 5.85. The number of nitrogens with one attached hydrogen (secondary N) is 1. The molecule has 0 fully saturated rings. The molecule has 0 unspecified atom stereocenters. The minimum atomic E-state index is -3.69. The zero-order chi connectivity index (χ0) is 20.9. The first-order valence-electron chi connectivity index (χ1n) is 8.88. The first-order chi connectivity index (χ1) is 13.1. The quantitative estimate of drug-likeness (QED) is 0.703. The average molecular weight is 425 g/mol. The molecular formula is C20H25ClN2O4S. The van der Waals surface area contributed by atoms with E-state index < -0.39 is 22.0 Å². The highest BCUT2D eigenvalue weighted by Crippen LogP contribution is 2.26. The number of hydrogen-bond acceptors (Lipinski definition) is 4. The fraction of sp³-hybridized carbons (Fsp3) is 0.350. The number of carbonyl (C=O) groups excluding carboxylic acids is 1. The molecule has 8 heteroatoms. The zero-order valence-corrected chi connectivity index (χ0v) is 18.0. The molecule has 0 spiro atoms. The molecule has 0 aliphatic carbocycles. The van der Waals surface area contributed by atoms with Gasteiger partial charge in [-0.3, -0.25) is 9.10 Å². The third-order valence-electron chi connectivity index (χ3n) is 4.20. The van der Waals surface area contributed by atoms with Crippen molar-refractivity contribution < 1.29 is 17.9 Å². The topological polar surface area (TPSA) is 75.7 Å². The Morgan fingerprint density at radius 2 is 1.86 bits per heavy atom. The molecule has 2 rings (SSSR count). The number of ether oxygens (including phenoxy) is 1. The van der Waals surface area contributed by atoms with Gasteiger partial charge in [0.1, 0.15) is 11.8 Å². The van der Waals surface area contributed by atoms with Crippen molar-refractivity contribution in [3.05, 3.63) is 58.6 Å². The van der Waals surface area contributed by atoms with Gasteiger partial charge in [-0.1, -0.05) is 29.8 Å². The Kier molecular flexibility index (Phi) is 7.32. The summed E-state index contributed by atoms with van der Waals surface area (Å²) in [5.41, 5.74) is 2.06. The number of rotatable bonds is 8. The van der Waals surface area contributed by atoms with Gasteiger partial charge in [0.25, 0.3) is 0 Å². The molecule has 2 aromatic rings. The van der Waals surface area contributed by atoms with Crippen LogP contribution in [0.5, 0.6) is 5.75 Å². The van der Waals surface area contributed by atoms with Gasteiger partial charge in [-0.25, -0.2) is 8.42 Å². The number of aryl methyl sites for hydroxylation is 1. The van der Waals surface area contributed by atoms with E-state index in [1.807, 2.05) is 38.1 Å². The lowest BCUT2D eigenvalue weighted by Crippen LogP contribution is -2.47. The highest BCUT2D eigenvalue weighted by molar-refractivity contribution is 7.92. The summed E-state index contributed by atoms with van der Waals surface area (Å²) in [5, 5.41) is 3.22. The Morgan fingerprint density at radius 3 is 2.39 bits per heavy atom. The number of halogens is 1. The number of nitrogens with zero attached hydrogens (tertiary/aromatic N) is 1. The van der Waals surface area contributed by atoms with Crippen molar-refractivity contribution >= 4 is 33.2 Å². The Balaban J connectivity index is 2.14. The van der Waals surface area contributed by atoms with Crippen LogP contribution in [0.25, 0.3) is 0 Å². The Bertz CT molecular complexity index is 930. The largest absolute Gasteiger partial charge is 0.494 e. The maximum atomic E-state index is 12.6. The van der Waals surface area contributed by atoms with E-state index in [9.17, 15) is 13.2 Å². The van der Waals surface area contributed by atoms with Crippen molar-refractivity contribution in [1.29, 1.82) is 0 Å². The summed E-state index contributed by atoms with van der Waals surface area (Å²) in [6.07, 6.45) is 1.07. The Morgan fingerprint density at radius 1 is 1.21 bits per heavy atom. The van der Waals surface area contributed by atoms with E-state index in [2.05, 4.69) is 5.32 Å². The summed E-state index contributed by atoms with van der Waals surface area (Å²) in [6, 6.07) is 11.3. The van der Waals surface area contributed by atoms with Crippen LogP contribution in [0.3, 0.4) is 0 Å². The minimum Gasteiger partial charge on any atom is -0.494 e. The van der Waals surface area contributed by atoms with Gasteiger partial charge < -0.3 is 10.1 Å². The van der Waals surface area contributed by atoms with Crippen LogP contribution in [-0.2, 0) is 21.4 Å². The predicted molar refractivity (Wildman–Crippen MR) is 112 cm³/mol. The predicted octanol–water partition coefficient (Wildman–Crippen LogP) is 3.52. The van der Waals surface area contributed by atoms with Crippen LogP contribution in [-0.4, -0.2) is 33.2 Å². The van der Waals surface area contributed by atoms with E-state index in [4.69, 9.17) is 16.3 Å². The summed E-state index contributed by atoms with van der Waals surface area (Å²) < 4.78 is 31.1. The van der Waals surface area contributed by atoms with E-state index in [1.54, 1.807) is 25.1 Å². The molecule has 152 valence electrons. The van der Waals surface area contributed by atoms with E-state index >= 15 is 0 Å². The van der Waals surface area contributed by atoms with Gasteiger partial charge in [0, 0.05) is 11.6 Å². The van der Waals surface area contributed by atoms with Crippen LogP contribution in [0.2, 0.25) is 5.02 Å². The van der Waals surface area contributed by atoms with E-state index in [0.29, 0.717) is 17.3 Å². The molecule has 0 aromatic heterocycles. The molecule has 0 heterocycles. The summed E-state index contributed by atoms with van der Waals surface area (Å²) in [7, 11) is -3.69. The van der Waals surface area contributed by atoms with Gasteiger partial charge in [-0.2, -0.15) is 0 Å². The second kappa shape index (κ2) is 9.30. The van der Waals surface area contributed by atoms with E-state index in [-0.39, 0.29) is 6.54 Å². The average Bonchev–Trinajstić information content (AvgIpc) is 2.63. The molecule has 0 aliphatic heterocycles. The molecule has 2 aromatic carbocycles. The molecule has 1 atom stereocenters. The van der Waals surface area contributed by atoms with Crippen molar-refractivity contribution in [2.75, 3.05) is 17.2 Å². The molecule has 0 saturated heterocycles. The smallest absolute Gasteiger partial charge is 0.243 e. The second-order valence-electron chi connectivity index (χ2n) is 6.46. The van der Waals surface area contributed by atoms with Gasteiger partial charge >= 0.3 is 0 Å². The van der Waals surface area contributed by atoms with Gasteiger partial charge in [-0.05, 0) is 56.2 Å². The number of sulfonamides is 1. The summed E-state index contributed by atoms with van der Waals surface area (Å²) in [6.45, 7) is 6.14. The molecule has 0 bridgehead atoms. The van der Waals surface area contributed by atoms with Gasteiger partial charge in [0.2, 0.25) is 15.9 Å². The van der Waals surface area contributed by atoms with Gasteiger partial charge in [-0.15, -0.1) is 0 Å². The van der Waals surface area contributed by atoms with Crippen molar-refractivity contribution in [1.82, 2.24) is 5.32 Å². The van der Waals surface area contributed by atoms with Crippen LogP contribution in [0, 0.1) is 6.92 Å². The molecule has 28 heavy (non-hydrogen) atoms. The highest BCUT2D eigenvalue weighted by Gasteiger charge is 2.29. The lowest BCUT2D eigenvalue weighted by molar-refractivity contribution is -0.122. The number of anilines is 1. The van der Waals surface area contributed by atoms with Crippen LogP contribution in [0.4, 0.5) is 5.69 Å². The summed E-state index contributed by atoms with van der Waals surface area (Å²) in [4.78, 5) is 12.6. The lowest BCUT2D eigenvalue weighted by Gasteiger charge is -2.28. The van der Waals surface area contributed by atoms with Gasteiger partial charge in [0.05, 0.1) is 18.6 Å². The lowest BCUT2D eigenvalue weighted by atomic mass is 10.2. The van der Waals surface area contributed by atoms with Crippen molar-refractivity contribution in [3.8, 4) is 5.75 Å². The normalized spacial score (nSPS) is 12.3. The van der Waals surface area contributed by atoms with E-state index in [1.165, 1.54) is 0 Å². The van der Waals surface area contributed by atoms with Crippen molar-refractivity contribution in [3.63, 3.8) is 0 Å². The minimum absolute atomic E-state index is 0.280. The SMILES string of the molecule is CCOc1ccc(CNC(=O)[C@@H](C)N(c2ccc(C)c(Cl)c2)S(C)(=O)=O)cc1. The standard InChI is InChI=1S/C20H25ClN2O4S/c1-5-27-18-10-7-16(8-11-18)13-22-20(24)15(3)23(28(4,25)26)17-9-6-14(2)19(21)12-17/h6-12,15H,5,13H2,1-4H3,(H,22,24)/t15-/m1/s1. The maximum Gasteiger partial charge on any atom is 0.243 e. The first-order valence-corrected chi connectivity index (χ1v) is 11.1. The second-order valence-corrected chi connectivity index (χ2v) is 8.73. The Hall–Kier alpha value is -2.25. The maximum absolute atomic E-state index is 12.6. The van der Waals surface area contributed by atoms with Crippen molar-refractivity contribution in [2.45, 2.75) is 33.4 Å². The molecule has 0 saturated carbocycles. The number of hydrogen-bond donors (Lipinski definition) is 1. The van der Waals surface area contributed by atoms with Crippen LogP contribution in [0.1, 0.15) is 25.0 Å². The highest BCUT2D eigenvalue weighted by atomic mass is 35.5. The molecule has 1 N–H and O–H groups in total. The summed E-state index contributed by atoms with van der Waals surface area (Å²) >= 11 is 6.14. The number of amides is 1. The fourth-order valence-electron chi connectivity index (χ4n) is 2.73.